The second kappa shape index (κ2) is 6.90. The van der Waals surface area contributed by atoms with Crippen LogP contribution in [0.25, 0.3) is 21.3 Å². The van der Waals surface area contributed by atoms with Crippen molar-refractivity contribution in [3.05, 3.63) is 68.3 Å². The third-order valence-corrected chi connectivity index (χ3v) is 5.78. The molecule has 0 fully saturated rings. The minimum atomic E-state index is 0.729. The first-order valence-corrected chi connectivity index (χ1v) is 9.97. The van der Waals surface area contributed by atoms with Gasteiger partial charge in [-0.2, -0.15) is 0 Å². The van der Waals surface area contributed by atoms with Crippen LogP contribution in [-0.2, 0) is 0 Å². The van der Waals surface area contributed by atoms with Crippen molar-refractivity contribution in [2.75, 3.05) is 5.32 Å². The molecule has 1 N–H and O–H groups in total. The summed E-state index contributed by atoms with van der Waals surface area (Å²) in [7, 11) is 0. The van der Waals surface area contributed by atoms with E-state index in [4.69, 9.17) is 11.6 Å². The summed E-state index contributed by atoms with van der Waals surface area (Å²) in [5.74, 6) is 0.820. The molecule has 0 saturated carbocycles. The molecule has 2 heterocycles. The molecule has 0 radical (unpaired) electrons. The fourth-order valence-electron chi connectivity index (χ4n) is 2.71. The van der Waals surface area contributed by atoms with Crippen molar-refractivity contribution in [2.45, 2.75) is 6.92 Å². The highest BCUT2D eigenvalue weighted by atomic mass is 127. The molecule has 0 spiro atoms. The molecular weight excluding hydrogens is 465 g/mol. The van der Waals surface area contributed by atoms with Crippen LogP contribution in [0, 0.1) is 10.5 Å². The molecule has 4 aromatic rings. The number of benzene rings is 2. The topological polar surface area (TPSA) is 37.8 Å². The molecule has 4 rings (SSSR count). The van der Waals surface area contributed by atoms with E-state index in [9.17, 15) is 0 Å². The smallest absolute Gasteiger partial charge is 0.143 e. The van der Waals surface area contributed by atoms with Gasteiger partial charge in [-0.3, -0.25) is 0 Å². The van der Waals surface area contributed by atoms with Crippen molar-refractivity contribution < 1.29 is 0 Å². The van der Waals surface area contributed by atoms with E-state index in [2.05, 4.69) is 68.4 Å². The summed E-state index contributed by atoms with van der Waals surface area (Å²) in [6.07, 6.45) is 1.61. The highest BCUT2D eigenvalue weighted by molar-refractivity contribution is 14.1. The summed E-state index contributed by atoms with van der Waals surface area (Å²) >= 11 is 9.96. The maximum atomic E-state index is 6.03. The van der Waals surface area contributed by atoms with Gasteiger partial charge in [0.25, 0.3) is 0 Å². The maximum Gasteiger partial charge on any atom is 0.143 e. The lowest BCUT2D eigenvalue weighted by Crippen LogP contribution is -1.97. The van der Waals surface area contributed by atoms with Gasteiger partial charge in [0.15, 0.2) is 0 Å². The summed E-state index contributed by atoms with van der Waals surface area (Å²) in [5, 5.41) is 7.36. The van der Waals surface area contributed by atoms with E-state index in [-0.39, 0.29) is 0 Å². The van der Waals surface area contributed by atoms with E-state index in [0.717, 1.165) is 37.9 Å². The lowest BCUT2D eigenvalue weighted by molar-refractivity contribution is 1.23. The number of hydrogen-bond acceptors (Lipinski definition) is 4. The molecule has 0 saturated heterocycles. The van der Waals surface area contributed by atoms with Gasteiger partial charge < -0.3 is 5.32 Å². The first-order valence-electron chi connectivity index (χ1n) is 7.63. The number of anilines is 2. The van der Waals surface area contributed by atoms with Gasteiger partial charge in [0.05, 0.1) is 5.39 Å². The van der Waals surface area contributed by atoms with Gasteiger partial charge >= 0.3 is 0 Å². The van der Waals surface area contributed by atoms with Crippen LogP contribution in [0.5, 0.6) is 0 Å². The molecular formula is C19H13ClIN3S. The normalized spacial score (nSPS) is 11.0. The van der Waals surface area contributed by atoms with Crippen LogP contribution in [0.3, 0.4) is 0 Å². The lowest BCUT2D eigenvalue weighted by atomic mass is 10.1. The van der Waals surface area contributed by atoms with Crippen molar-refractivity contribution in [3.8, 4) is 11.1 Å². The predicted octanol–water partition coefficient (Wildman–Crippen LogP) is 6.67. The zero-order chi connectivity index (χ0) is 17.4. The standard InChI is InChI=1S/C19H13ClIN3S/c1-11-8-14(21)6-7-16(11)24-18-17-15(9-25-19(17)23-10-22-18)12-2-4-13(20)5-3-12/h2-10H,1H3,(H,22,23,24). The van der Waals surface area contributed by atoms with E-state index in [1.807, 2.05) is 24.3 Å². The largest absolute Gasteiger partial charge is 0.339 e. The molecule has 2 aromatic carbocycles. The van der Waals surface area contributed by atoms with Gasteiger partial charge in [-0.05, 0) is 71.0 Å². The zero-order valence-electron chi connectivity index (χ0n) is 13.3. The molecule has 3 nitrogen and oxygen atoms in total. The number of thiophene rings is 1. The quantitative estimate of drug-likeness (QED) is 0.335. The summed E-state index contributed by atoms with van der Waals surface area (Å²) in [6.45, 7) is 2.09. The number of rotatable bonds is 3. The molecule has 0 unspecified atom stereocenters. The van der Waals surface area contributed by atoms with Gasteiger partial charge in [0.2, 0.25) is 0 Å². The second-order valence-corrected chi connectivity index (χ2v) is 8.18. The van der Waals surface area contributed by atoms with E-state index < -0.39 is 0 Å². The van der Waals surface area contributed by atoms with Gasteiger partial charge in [-0.15, -0.1) is 11.3 Å². The highest BCUT2D eigenvalue weighted by Crippen LogP contribution is 2.38. The minimum absolute atomic E-state index is 0.729. The van der Waals surface area contributed by atoms with Gasteiger partial charge in [0, 0.05) is 25.2 Å². The Morgan fingerprint density at radius 2 is 1.88 bits per heavy atom. The van der Waals surface area contributed by atoms with Crippen LogP contribution in [0.4, 0.5) is 11.5 Å². The van der Waals surface area contributed by atoms with Crippen LogP contribution >= 0.6 is 45.5 Å². The zero-order valence-corrected chi connectivity index (χ0v) is 17.0. The molecule has 6 heteroatoms. The molecule has 0 atom stereocenters. The molecule has 0 bridgehead atoms. The number of fused-ring (bicyclic) bond motifs is 1. The SMILES string of the molecule is Cc1cc(I)ccc1Nc1ncnc2scc(-c3ccc(Cl)cc3)c12. The number of hydrogen-bond donors (Lipinski definition) is 1. The van der Waals surface area contributed by atoms with E-state index in [1.165, 1.54) is 9.13 Å². The molecule has 2 aromatic heterocycles. The Morgan fingerprint density at radius 1 is 1.08 bits per heavy atom. The minimum Gasteiger partial charge on any atom is -0.339 e. The van der Waals surface area contributed by atoms with Gasteiger partial charge in [-0.1, -0.05) is 23.7 Å². The number of nitrogens with zero attached hydrogens (tertiary/aromatic N) is 2. The summed E-state index contributed by atoms with van der Waals surface area (Å²) in [6, 6.07) is 14.2. The fraction of sp³-hybridized carbons (Fsp3) is 0.0526. The summed E-state index contributed by atoms with van der Waals surface area (Å²) in [4.78, 5) is 9.89. The fourth-order valence-corrected chi connectivity index (χ4v) is 4.40. The Morgan fingerprint density at radius 3 is 2.64 bits per heavy atom. The number of aromatic nitrogens is 2. The number of aryl methyl sites for hydroxylation is 1. The van der Waals surface area contributed by atoms with Crippen molar-refractivity contribution in [3.63, 3.8) is 0 Å². The van der Waals surface area contributed by atoms with Crippen molar-refractivity contribution in [1.29, 1.82) is 0 Å². The molecule has 0 aliphatic carbocycles. The Kier molecular flexibility index (Phi) is 4.62. The average molecular weight is 478 g/mol. The van der Waals surface area contributed by atoms with Crippen LogP contribution in [-0.4, -0.2) is 9.97 Å². The molecule has 124 valence electrons. The van der Waals surface area contributed by atoms with Crippen LogP contribution in [0.15, 0.2) is 54.2 Å². The first-order chi connectivity index (χ1) is 12.1. The molecule has 0 aliphatic heterocycles. The van der Waals surface area contributed by atoms with Crippen molar-refractivity contribution in [2.24, 2.45) is 0 Å². The van der Waals surface area contributed by atoms with Gasteiger partial charge in [0.1, 0.15) is 17.0 Å². The van der Waals surface area contributed by atoms with E-state index in [1.54, 1.807) is 17.7 Å². The summed E-state index contributed by atoms with van der Waals surface area (Å²) in [5.41, 5.74) is 4.45. The Balaban J connectivity index is 1.84. The molecule has 0 aliphatic rings. The Labute approximate surface area is 168 Å². The van der Waals surface area contributed by atoms with Gasteiger partial charge in [-0.25, -0.2) is 9.97 Å². The second-order valence-electron chi connectivity index (χ2n) is 5.64. The predicted molar refractivity (Wildman–Crippen MR) is 115 cm³/mol. The number of halogens is 2. The summed E-state index contributed by atoms with van der Waals surface area (Å²) < 4.78 is 1.21. The highest BCUT2D eigenvalue weighted by Gasteiger charge is 2.14. The number of nitrogens with one attached hydrogen (secondary N) is 1. The molecule has 25 heavy (non-hydrogen) atoms. The third kappa shape index (κ3) is 3.36. The maximum absolute atomic E-state index is 6.03. The van der Waals surface area contributed by atoms with E-state index in [0.29, 0.717) is 0 Å². The average Bonchev–Trinajstić information content (AvgIpc) is 3.03. The van der Waals surface area contributed by atoms with Crippen LogP contribution in [0.2, 0.25) is 5.02 Å². The van der Waals surface area contributed by atoms with Crippen LogP contribution < -0.4 is 5.32 Å². The Bertz CT molecular complexity index is 1060. The van der Waals surface area contributed by atoms with Crippen LogP contribution in [0.1, 0.15) is 5.56 Å². The molecule has 0 amide bonds. The van der Waals surface area contributed by atoms with Crippen molar-refractivity contribution in [1.82, 2.24) is 9.97 Å². The van der Waals surface area contributed by atoms with E-state index >= 15 is 0 Å². The first kappa shape index (κ1) is 16.8. The van der Waals surface area contributed by atoms with Crippen molar-refractivity contribution >= 4 is 67.3 Å². The monoisotopic (exact) mass is 477 g/mol. The Hall–Kier alpha value is -1.70. The lowest BCUT2D eigenvalue weighted by Gasteiger charge is -2.11. The third-order valence-electron chi connectivity index (χ3n) is 3.97.